The van der Waals surface area contributed by atoms with Crippen molar-refractivity contribution >= 4 is 20.0 Å². The van der Waals surface area contributed by atoms with Gasteiger partial charge >= 0.3 is 11.0 Å². The molecule has 0 N–H and O–H groups in total. The largest absolute Gasteiger partial charge is 0.480 e. The Bertz CT molecular complexity index is 798. The first-order valence-electron chi connectivity index (χ1n) is 16.2. The van der Waals surface area contributed by atoms with Gasteiger partial charge in [-0.05, 0) is 44.9 Å². The van der Waals surface area contributed by atoms with Crippen molar-refractivity contribution < 1.29 is 47.7 Å². The molecular formula is C29H58F6N2O4S2. The first-order chi connectivity index (χ1) is 19.9. The Hall–Kier alpha value is -0.600. The summed E-state index contributed by atoms with van der Waals surface area (Å²) in [5, 5.41) is 0. The first-order valence-corrected chi connectivity index (χ1v) is 19.0. The minimum Gasteiger partial charge on any atom is -0.421 e. The summed E-state index contributed by atoms with van der Waals surface area (Å²) in [6.45, 7) is 15.2. The minimum atomic E-state index is -6.72. The van der Waals surface area contributed by atoms with E-state index in [9.17, 15) is 43.2 Å². The molecule has 0 amide bonds. The molecule has 0 aromatic carbocycles. The number of hydrogen-bond donors (Lipinski definition) is 0. The van der Waals surface area contributed by atoms with Crippen molar-refractivity contribution in [1.82, 2.24) is 0 Å². The summed E-state index contributed by atoms with van der Waals surface area (Å²) >= 11 is 0. The zero-order valence-electron chi connectivity index (χ0n) is 26.9. The van der Waals surface area contributed by atoms with Crippen LogP contribution in [0.3, 0.4) is 0 Å². The van der Waals surface area contributed by atoms with E-state index < -0.39 is 31.1 Å². The van der Waals surface area contributed by atoms with Gasteiger partial charge in [-0.1, -0.05) is 105 Å². The molecule has 0 bridgehead atoms. The maximum atomic E-state index is 11.4. The van der Waals surface area contributed by atoms with E-state index in [1.54, 1.807) is 0 Å². The number of unbranched alkanes of at least 4 members (excludes halogenated alkanes) is 15. The molecule has 0 aromatic heterocycles. The molecule has 0 fully saturated rings. The van der Waals surface area contributed by atoms with Crippen molar-refractivity contribution in [2.75, 3.05) is 26.2 Å². The molecule has 6 nitrogen and oxygen atoms in total. The zero-order chi connectivity index (χ0) is 33.5. The van der Waals surface area contributed by atoms with Crippen molar-refractivity contribution in [1.29, 1.82) is 0 Å². The second kappa shape index (κ2) is 23.7. The Morgan fingerprint density at radius 1 is 0.419 bits per heavy atom. The molecule has 0 heterocycles. The van der Waals surface area contributed by atoms with Gasteiger partial charge in [0.25, 0.3) is 0 Å². The summed E-state index contributed by atoms with van der Waals surface area (Å²) in [5.41, 5.74) is -12.4. The van der Waals surface area contributed by atoms with Gasteiger partial charge in [-0.15, -0.1) is 0 Å². The van der Waals surface area contributed by atoms with Crippen LogP contribution in [0.1, 0.15) is 150 Å². The van der Waals surface area contributed by atoms with E-state index in [2.05, 4.69) is 27.7 Å². The molecule has 43 heavy (non-hydrogen) atoms. The molecular weight excluding hydrogens is 618 g/mol. The Kier molecular flexibility index (Phi) is 24.5. The summed E-state index contributed by atoms with van der Waals surface area (Å²) in [6.07, 6.45) is 27.3. The van der Waals surface area contributed by atoms with Crippen LogP contribution in [0.15, 0.2) is 0 Å². The molecule has 0 saturated heterocycles. The third-order valence-electron chi connectivity index (χ3n) is 7.44. The Balaban J connectivity index is 0. The van der Waals surface area contributed by atoms with Gasteiger partial charge in [0.05, 0.1) is 26.2 Å². The highest BCUT2D eigenvalue weighted by atomic mass is 32.3. The third kappa shape index (κ3) is 21.7. The van der Waals surface area contributed by atoms with Crippen molar-refractivity contribution in [3.63, 3.8) is 0 Å². The van der Waals surface area contributed by atoms with E-state index in [-0.39, 0.29) is 0 Å². The normalized spacial score (nSPS) is 13.2. The smallest absolute Gasteiger partial charge is 0.421 e. The van der Waals surface area contributed by atoms with E-state index in [1.807, 2.05) is 0 Å². The summed E-state index contributed by atoms with van der Waals surface area (Å²) in [5.74, 6) is 0. The Morgan fingerprint density at radius 2 is 0.674 bits per heavy atom. The van der Waals surface area contributed by atoms with Crippen molar-refractivity contribution in [3.8, 4) is 0 Å². The second-order valence-electron chi connectivity index (χ2n) is 11.5. The highest BCUT2D eigenvalue weighted by Gasteiger charge is 2.47. The van der Waals surface area contributed by atoms with E-state index in [0.29, 0.717) is 0 Å². The van der Waals surface area contributed by atoms with Crippen LogP contribution in [0, 0.1) is 0 Å². The van der Waals surface area contributed by atoms with E-state index in [0.717, 1.165) is 4.13 Å². The lowest BCUT2D eigenvalue weighted by Crippen LogP contribution is -2.50. The number of quaternary nitrogens is 1. The van der Waals surface area contributed by atoms with Gasteiger partial charge in [-0.25, -0.2) is 16.8 Å². The van der Waals surface area contributed by atoms with Crippen molar-refractivity contribution in [2.24, 2.45) is 0 Å². The lowest BCUT2D eigenvalue weighted by Gasteiger charge is -2.39. The molecule has 0 aliphatic rings. The molecule has 0 unspecified atom stereocenters. The fourth-order valence-electron chi connectivity index (χ4n) is 5.04. The first kappa shape index (κ1) is 44.5. The number of hydrogen-bond acceptors (Lipinski definition) is 4. The maximum Gasteiger partial charge on any atom is 0.480 e. The van der Waals surface area contributed by atoms with Gasteiger partial charge in [-0.2, -0.15) is 26.3 Å². The molecule has 0 saturated carbocycles. The quantitative estimate of drug-likeness (QED) is 0.0547. The minimum absolute atomic E-state index is 0.778. The van der Waals surface area contributed by atoms with Gasteiger partial charge in [0.2, 0.25) is 0 Å². The van der Waals surface area contributed by atoms with Crippen LogP contribution >= 0.6 is 0 Å². The van der Waals surface area contributed by atoms with Crippen LogP contribution in [0.25, 0.3) is 4.13 Å². The summed E-state index contributed by atoms with van der Waals surface area (Å²) in [4.78, 5) is 0. The third-order valence-corrected chi connectivity index (χ3v) is 10.2. The Labute approximate surface area is 258 Å². The summed E-state index contributed by atoms with van der Waals surface area (Å²) in [7, 11) is -13.4. The predicted molar refractivity (Wildman–Crippen MR) is 163 cm³/mol. The predicted octanol–water partition coefficient (Wildman–Crippen LogP) is 10.4. The molecule has 0 aliphatic heterocycles. The van der Waals surface area contributed by atoms with Crippen LogP contribution in [0.5, 0.6) is 0 Å². The summed E-state index contributed by atoms with van der Waals surface area (Å²) < 4.78 is 111. The fourth-order valence-corrected chi connectivity index (χ4v) is 6.75. The molecule has 0 radical (unpaired) electrons. The molecule has 0 atom stereocenters. The topological polar surface area (TPSA) is 82.4 Å². The highest BCUT2D eigenvalue weighted by Crippen LogP contribution is 2.36. The number of sulfonamides is 2. The van der Waals surface area contributed by atoms with Gasteiger partial charge in [0.1, 0.15) is 0 Å². The number of rotatable bonds is 25. The van der Waals surface area contributed by atoms with Gasteiger partial charge < -0.3 is 8.61 Å². The molecule has 0 aliphatic carbocycles. The fraction of sp³-hybridized carbons (Fsp3) is 1.00. The van der Waals surface area contributed by atoms with E-state index in [4.69, 9.17) is 0 Å². The average Bonchev–Trinajstić information content (AvgIpc) is 2.89. The van der Waals surface area contributed by atoms with Gasteiger partial charge in [-0.3, -0.25) is 0 Å². The average molecular weight is 677 g/mol. The monoisotopic (exact) mass is 676 g/mol. The Morgan fingerprint density at radius 3 is 0.907 bits per heavy atom. The summed E-state index contributed by atoms with van der Waals surface area (Å²) in [6, 6.07) is 0. The maximum absolute atomic E-state index is 11.4. The van der Waals surface area contributed by atoms with Crippen LogP contribution in [-0.2, 0) is 20.0 Å². The number of nitrogens with zero attached hydrogens (tertiary/aromatic N) is 2. The van der Waals surface area contributed by atoms with Crippen molar-refractivity contribution in [3.05, 3.63) is 4.13 Å². The van der Waals surface area contributed by atoms with Crippen LogP contribution in [-0.4, -0.2) is 58.5 Å². The molecule has 0 aromatic rings. The van der Waals surface area contributed by atoms with E-state index >= 15 is 0 Å². The van der Waals surface area contributed by atoms with Gasteiger partial charge in [0.15, 0.2) is 20.0 Å². The lowest BCUT2D eigenvalue weighted by molar-refractivity contribution is -0.929. The molecule has 0 rings (SSSR count). The SMILES string of the molecule is CCCCCCCC[N+](CCC)(CCCCCCCC)CCCCCCCC.O=S(=O)([N-]S(=O)(=O)C(F)(F)F)C(F)(F)F. The zero-order valence-corrected chi connectivity index (χ0v) is 28.5. The highest BCUT2D eigenvalue weighted by molar-refractivity contribution is 8.13. The molecule has 0 spiro atoms. The standard InChI is InChI=1S/C27H58N.C2F6NO4S2/c1-5-9-12-15-18-21-25-28(24-8-4,26-22-19-16-13-10-6-2)27-23-20-17-14-11-7-3;3-1(4,5)14(10,11)9-15(12,13)2(6,7)8/h5-27H2,1-4H3;/q+1;-1. The van der Waals surface area contributed by atoms with Crippen molar-refractivity contribution in [2.45, 2.75) is 161 Å². The number of alkyl halides is 6. The second-order valence-corrected chi connectivity index (χ2v) is 14.9. The van der Waals surface area contributed by atoms with Crippen LogP contribution < -0.4 is 0 Å². The van der Waals surface area contributed by atoms with Gasteiger partial charge in [0, 0.05) is 0 Å². The van der Waals surface area contributed by atoms with Crippen LogP contribution in [0.4, 0.5) is 26.3 Å². The number of halogens is 6. The lowest BCUT2D eigenvalue weighted by atomic mass is 10.1. The molecule has 262 valence electrons. The van der Waals surface area contributed by atoms with E-state index in [1.165, 1.54) is 153 Å². The van der Waals surface area contributed by atoms with Crippen LogP contribution in [0.2, 0.25) is 0 Å². The molecule has 14 heteroatoms.